The largest absolute Gasteiger partial charge is 0.329 e. The quantitative estimate of drug-likeness (QED) is 0.891. The molecule has 0 saturated heterocycles. The molecule has 1 aromatic heterocycles. The fraction of sp³-hybridized carbons (Fsp3) is 0.786. The predicted octanol–water partition coefficient (Wildman–Crippen LogP) is 1.43. The lowest BCUT2D eigenvalue weighted by molar-refractivity contribution is 0.174. The van der Waals surface area contributed by atoms with Crippen molar-refractivity contribution in [3.63, 3.8) is 0 Å². The van der Waals surface area contributed by atoms with Crippen molar-refractivity contribution in [3.05, 3.63) is 12.4 Å². The molecule has 1 fully saturated rings. The first kappa shape index (κ1) is 16.5. The zero-order valence-electron chi connectivity index (χ0n) is 13.1. The van der Waals surface area contributed by atoms with Crippen molar-refractivity contribution in [2.24, 2.45) is 11.1 Å². The van der Waals surface area contributed by atoms with E-state index in [2.05, 4.69) is 18.9 Å². The molecule has 0 aromatic carbocycles. The number of sulfonamides is 1. The Morgan fingerprint density at radius 1 is 1.43 bits per heavy atom. The highest BCUT2D eigenvalue weighted by Crippen LogP contribution is 2.37. The van der Waals surface area contributed by atoms with Gasteiger partial charge in [-0.3, -0.25) is 4.68 Å². The van der Waals surface area contributed by atoms with Crippen LogP contribution in [0.15, 0.2) is 17.3 Å². The van der Waals surface area contributed by atoms with E-state index < -0.39 is 10.0 Å². The topological polar surface area (TPSA) is 81.2 Å². The van der Waals surface area contributed by atoms with E-state index in [1.54, 1.807) is 17.9 Å². The molecule has 7 heteroatoms. The van der Waals surface area contributed by atoms with Crippen LogP contribution in [0.4, 0.5) is 0 Å². The van der Waals surface area contributed by atoms with Crippen molar-refractivity contribution in [1.82, 2.24) is 14.1 Å². The van der Waals surface area contributed by atoms with E-state index >= 15 is 0 Å². The number of aromatic nitrogens is 2. The van der Waals surface area contributed by atoms with Crippen LogP contribution >= 0.6 is 0 Å². The van der Waals surface area contributed by atoms with E-state index in [4.69, 9.17) is 5.73 Å². The monoisotopic (exact) mass is 314 g/mol. The molecule has 0 aliphatic heterocycles. The predicted molar refractivity (Wildman–Crippen MR) is 82.3 cm³/mol. The van der Waals surface area contributed by atoms with Gasteiger partial charge in [0.25, 0.3) is 0 Å². The van der Waals surface area contributed by atoms with Crippen molar-refractivity contribution < 1.29 is 8.42 Å². The summed E-state index contributed by atoms with van der Waals surface area (Å²) in [4.78, 5) is 0.253. The molecule has 1 heterocycles. The van der Waals surface area contributed by atoms with Gasteiger partial charge >= 0.3 is 0 Å². The van der Waals surface area contributed by atoms with Crippen LogP contribution in [0, 0.1) is 5.41 Å². The molecular formula is C14H26N4O2S. The smallest absolute Gasteiger partial charge is 0.246 e. The summed E-state index contributed by atoms with van der Waals surface area (Å²) < 4.78 is 28.4. The van der Waals surface area contributed by atoms with Gasteiger partial charge in [-0.25, -0.2) is 8.42 Å². The average Bonchev–Trinajstić information content (AvgIpc) is 2.88. The van der Waals surface area contributed by atoms with Crippen LogP contribution in [0.5, 0.6) is 0 Å². The molecule has 1 aliphatic carbocycles. The molecule has 2 N–H and O–H groups in total. The lowest BCUT2D eigenvalue weighted by Gasteiger charge is -2.37. The van der Waals surface area contributed by atoms with E-state index in [9.17, 15) is 8.42 Å². The van der Waals surface area contributed by atoms with Gasteiger partial charge in [0, 0.05) is 25.8 Å². The van der Waals surface area contributed by atoms with E-state index in [-0.39, 0.29) is 10.9 Å². The third-order valence-electron chi connectivity index (χ3n) is 4.47. The van der Waals surface area contributed by atoms with E-state index in [1.165, 1.54) is 10.5 Å². The van der Waals surface area contributed by atoms with Crippen LogP contribution in [-0.2, 0) is 16.6 Å². The summed E-state index contributed by atoms with van der Waals surface area (Å²) in [5, 5.41) is 4.05. The number of hydrogen-bond acceptors (Lipinski definition) is 4. The number of rotatable bonds is 5. The van der Waals surface area contributed by atoms with Crippen molar-refractivity contribution in [3.8, 4) is 0 Å². The zero-order valence-corrected chi connectivity index (χ0v) is 13.9. The minimum Gasteiger partial charge on any atom is -0.329 e. The maximum Gasteiger partial charge on any atom is 0.246 e. The van der Waals surface area contributed by atoms with Gasteiger partial charge in [-0.15, -0.1) is 0 Å². The summed E-state index contributed by atoms with van der Waals surface area (Å²) in [6, 6.07) is 0.0842. The van der Waals surface area contributed by atoms with Crippen molar-refractivity contribution >= 4 is 10.0 Å². The average molecular weight is 314 g/mol. The molecule has 6 nitrogen and oxygen atoms in total. The van der Waals surface area contributed by atoms with Crippen LogP contribution in [0.3, 0.4) is 0 Å². The highest BCUT2D eigenvalue weighted by atomic mass is 32.2. The van der Waals surface area contributed by atoms with Crippen LogP contribution < -0.4 is 5.73 Å². The maximum atomic E-state index is 12.7. The van der Waals surface area contributed by atoms with Gasteiger partial charge in [-0.2, -0.15) is 9.40 Å². The van der Waals surface area contributed by atoms with Crippen molar-refractivity contribution in [2.45, 2.75) is 57.0 Å². The van der Waals surface area contributed by atoms with Crippen LogP contribution in [0.25, 0.3) is 0 Å². The third-order valence-corrected chi connectivity index (χ3v) is 6.33. The minimum absolute atomic E-state index is 0.0842. The Balaban J connectivity index is 2.11. The Morgan fingerprint density at radius 3 is 2.62 bits per heavy atom. The molecule has 0 unspecified atom stereocenters. The standard InChI is InChI=1S/C14H26N4O2S/c1-14(2)6-4-12(5-7-14)17(3)21(19,20)13-10-16-18(11-13)9-8-15/h10-12H,4-9,15H2,1-3H3. The summed E-state index contributed by atoms with van der Waals surface area (Å²) in [6.07, 6.45) is 6.92. The van der Waals surface area contributed by atoms with Gasteiger partial charge in [-0.05, 0) is 31.1 Å². The Morgan fingerprint density at radius 2 is 2.05 bits per heavy atom. The Kier molecular flexibility index (Phi) is 4.75. The van der Waals surface area contributed by atoms with Crippen LogP contribution in [0.1, 0.15) is 39.5 Å². The lowest BCUT2D eigenvalue weighted by atomic mass is 9.76. The normalized spacial score (nSPS) is 20.0. The molecule has 1 aliphatic rings. The number of hydrogen-bond donors (Lipinski definition) is 1. The molecular weight excluding hydrogens is 288 g/mol. The van der Waals surface area contributed by atoms with Gasteiger partial charge in [0.05, 0.1) is 12.7 Å². The summed E-state index contributed by atoms with van der Waals surface area (Å²) >= 11 is 0. The Bertz CT molecular complexity index is 570. The molecule has 1 aromatic rings. The molecule has 1 saturated carbocycles. The molecule has 0 atom stereocenters. The Hall–Kier alpha value is -0.920. The van der Waals surface area contributed by atoms with E-state index in [1.807, 2.05) is 0 Å². The first-order chi connectivity index (χ1) is 9.76. The fourth-order valence-corrected chi connectivity index (χ4v) is 4.21. The maximum absolute atomic E-state index is 12.7. The second-order valence-corrected chi connectivity index (χ2v) is 8.64. The molecule has 2 rings (SSSR count). The third kappa shape index (κ3) is 3.64. The van der Waals surface area contributed by atoms with Gasteiger partial charge < -0.3 is 5.73 Å². The Labute approximate surface area is 127 Å². The summed E-state index contributed by atoms with van der Waals surface area (Å²) in [7, 11) is -1.79. The molecule has 0 spiro atoms. The van der Waals surface area contributed by atoms with Gasteiger partial charge in [0.15, 0.2) is 0 Å². The first-order valence-electron chi connectivity index (χ1n) is 7.47. The second-order valence-electron chi connectivity index (χ2n) is 6.64. The molecule has 120 valence electrons. The highest BCUT2D eigenvalue weighted by molar-refractivity contribution is 7.89. The molecule has 0 radical (unpaired) electrons. The van der Waals surface area contributed by atoms with Gasteiger partial charge in [0.1, 0.15) is 4.90 Å². The lowest BCUT2D eigenvalue weighted by Crippen LogP contribution is -2.40. The second kappa shape index (κ2) is 6.06. The SMILES string of the molecule is CN(C1CCC(C)(C)CC1)S(=O)(=O)c1cnn(CCN)c1. The van der Waals surface area contributed by atoms with Crippen LogP contribution in [0.2, 0.25) is 0 Å². The van der Waals surface area contributed by atoms with E-state index in [0.29, 0.717) is 18.5 Å². The minimum atomic E-state index is -3.46. The summed E-state index contributed by atoms with van der Waals surface area (Å²) in [5.74, 6) is 0. The highest BCUT2D eigenvalue weighted by Gasteiger charge is 2.34. The van der Waals surface area contributed by atoms with Crippen molar-refractivity contribution in [2.75, 3.05) is 13.6 Å². The molecule has 21 heavy (non-hydrogen) atoms. The summed E-state index contributed by atoms with van der Waals surface area (Å²) in [5.41, 5.74) is 5.79. The van der Waals surface area contributed by atoms with Crippen LogP contribution in [-0.4, -0.2) is 42.1 Å². The molecule has 0 amide bonds. The first-order valence-corrected chi connectivity index (χ1v) is 8.91. The van der Waals surface area contributed by atoms with Crippen molar-refractivity contribution in [1.29, 1.82) is 0 Å². The summed E-state index contributed by atoms with van der Waals surface area (Å²) in [6.45, 7) is 5.45. The van der Waals surface area contributed by atoms with Gasteiger partial charge in [0.2, 0.25) is 10.0 Å². The zero-order chi connectivity index (χ0) is 15.7. The van der Waals surface area contributed by atoms with Gasteiger partial charge in [-0.1, -0.05) is 13.8 Å². The number of nitrogens with two attached hydrogens (primary N) is 1. The number of nitrogens with zero attached hydrogens (tertiary/aromatic N) is 3. The fourth-order valence-electron chi connectivity index (χ4n) is 2.84. The molecule has 0 bridgehead atoms. The van der Waals surface area contributed by atoms with E-state index in [0.717, 1.165) is 25.7 Å².